The molecule has 2 rings (SSSR count). The first-order valence-corrected chi connectivity index (χ1v) is 6.89. The lowest BCUT2D eigenvalue weighted by molar-refractivity contribution is 0.170. The number of hydrogen-bond donors (Lipinski definition) is 2. The first-order valence-electron chi connectivity index (χ1n) is 6.89. The highest BCUT2D eigenvalue weighted by atomic mass is 16.5. The Kier molecular flexibility index (Phi) is 5.16. The maximum atomic E-state index is 10.0. The molecule has 20 heavy (non-hydrogen) atoms. The summed E-state index contributed by atoms with van der Waals surface area (Å²) in [6.07, 6.45) is 0.657. The van der Waals surface area contributed by atoms with Crippen molar-refractivity contribution in [1.82, 2.24) is 0 Å². The highest BCUT2D eigenvalue weighted by molar-refractivity contribution is 5.42. The molecule has 1 atom stereocenters. The van der Waals surface area contributed by atoms with Crippen molar-refractivity contribution in [2.45, 2.75) is 25.9 Å². The molecule has 0 heterocycles. The number of hydrogen-bond acceptors (Lipinski definition) is 3. The van der Waals surface area contributed by atoms with Gasteiger partial charge in [-0.2, -0.15) is 0 Å². The molecule has 3 heteroatoms. The first-order chi connectivity index (χ1) is 9.76. The van der Waals surface area contributed by atoms with Gasteiger partial charge in [-0.15, -0.1) is 0 Å². The topological polar surface area (TPSA) is 49.7 Å². The van der Waals surface area contributed by atoms with E-state index in [-0.39, 0.29) is 6.61 Å². The Morgan fingerprint density at radius 1 is 1.00 bits per heavy atom. The lowest BCUT2D eigenvalue weighted by Gasteiger charge is -2.16. The van der Waals surface area contributed by atoms with E-state index in [1.807, 2.05) is 55.5 Å². The summed E-state index contributed by atoms with van der Waals surface area (Å²) in [4.78, 5) is 0. The lowest BCUT2D eigenvalue weighted by atomic mass is 10.1. The SMILES string of the molecule is CCC(O)c1ccccc1Oc1ccccc1CCO. The van der Waals surface area contributed by atoms with E-state index in [1.54, 1.807) is 0 Å². The third kappa shape index (κ3) is 3.38. The molecule has 2 N–H and O–H groups in total. The second-order valence-electron chi connectivity index (χ2n) is 4.65. The van der Waals surface area contributed by atoms with Crippen LogP contribution in [-0.4, -0.2) is 16.8 Å². The summed E-state index contributed by atoms with van der Waals surface area (Å²) < 4.78 is 5.95. The molecule has 1 unspecified atom stereocenters. The average Bonchev–Trinajstić information content (AvgIpc) is 2.49. The van der Waals surface area contributed by atoms with Crippen molar-refractivity contribution in [3.63, 3.8) is 0 Å². The van der Waals surface area contributed by atoms with Gasteiger partial charge in [0.1, 0.15) is 11.5 Å². The van der Waals surface area contributed by atoms with Crippen molar-refractivity contribution in [2.24, 2.45) is 0 Å². The molecule has 0 bridgehead atoms. The van der Waals surface area contributed by atoms with Gasteiger partial charge in [0.2, 0.25) is 0 Å². The van der Waals surface area contributed by atoms with Crippen molar-refractivity contribution in [3.8, 4) is 11.5 Å². The van der Waals surface area contributed by atoms with Gasteiger partial charge in [-0.3, -0.25) is 0 Å². The zero-order valence-corrected chi connectivity index (χ0v) is 11.6. The fraction of sp³-hybridized carbons (Fsp3) is 0.294. The summed E-state index contributed by atoms with van der Waals surface area (Å²) in [7, 11) is 0. The molecule has 0 radical (unpaired) electrons. The minimum atomic E-state index is -0.531. The highest BCUT2D eigenvalue weighted by Gasteiger charge is 2.13. The number of rotatable bonds is 6. The Labute approximate surface area is 119 Å². The van der Waals surface area contributed by atoms with Crippen LogP contribution in [0.2, 0.25) is 0 Å². The van der Waals surface area contributed by atoms with E-state index in [1.165, 1.54) is 0 Å². The molecule has 0 aliphatic carbocycles. The number of aliphatic hydroxyl groups excluding tert-OH is 2. The molecule has 0 saturated heterocycles. The summed E-state index contributed by atoms with van der Waals surface area (Å²) in [5, 5.41) is 19.1. The van der Waals surface area contributed by atoms with Crippen LogP contribution < -0.4 is 4.74 Å². The molecule has 0 aliphatic rings. The van der Waals surface area contributed by atoms with Crippen LogP contribution in [0, 0.1) is 0 Å². The molecule has 106 valence electrons. The van der Waals surface area contributed by atoms with Crippen LogP contribution in [0.15, 0.2) is 48.5 Å². The zero-order chi connectivity index (χ0) is 14.4. The molecular weight excluding hydrogens is 252 g/mol. The Bertz CT molecular complexity index is 551. The second kappa shape index (κ2) is 7.08. The third-order valence-corrected chi connectivity index (χ3v) is 3.24. The van der Waals surface area contributed by atoms with Gasteiger partial charge in [0.25, 0.3) is 0 Å². The van der Waals surface area contributed by atoms with Crippen LogP contribution >= 0.6 is 0 Å². The molecule has 0 fully saturated rings. The molecular formula is C17H20O3. The van der Waals surface area contributed by atoms with Gasteiger partial charge in [0, 0.05) is 12.2 Å². The maximum Gasteiger partial charge on any atom is 0.133 e. The predicted octanol–water partition coefficient (Wildman–Crippen LogP) is 3.46. The lowest BCUT2D eigenvalue weighted by Crippen LogP contribution is -2.00. The molecule has 0 aliphatic heterocycles. The first kappa shape index (κ1) is 14.6. The van der Waals surface area contributed by atoms with E-state index in [0.717, 1.165) is 16.9 Å². The zero-order valence-electron chi connectivity index (χ0n) is 11.6. The Balaban J connectivity index is 2.30. The second-order valence-corrected chi connectivity index (χ2v) is 4.65. The summed E-state index contributed by atoms with van der Waals surface area (Å²) in [6.45, 7) is 2.01. The maximum absolute atomic E-state index is 10.0. The third-order valence-electron chi connectivity index (χ3n) is 3.24. The summed E-state index contributed by atoms with van der Waals surface area (Å²) in [6, 6.07) is 15.1. The molecule has 3 nitrogen and oxygen atoms in total. The van der Waals surface area contributed by atoms with E-state index in [9.17, 15) is 5.11 Å². The van der Waals surface area contributed by atoms with Crippen molar-refractivity contribution in [2.75, 3.05) is 6.61 Å². The fourth-order valence-electron chi connectivity index (χ4n) is 2.12. The molecule has 0 amide bonds. The summed E-state index contributed by atoms with van der Waals surface area (Å²) in [5.74, 6) is 1.38. The predicted molar refractivity (Wildman–Crippen MR) is 79.0 cm³/mol. The van der Waals surface area contributed by atoms with Gasteiger partial charge in [0.05, 0.1) is 6.10 Å². The normalized spacial score (nSPS) is 12.2. The molecule has 0 spiro atoms. The van der Waals surface area contributed by atoms with E-state index in [4.69, 9.17) is 9.84 Å². The summed E-state index contributed by atoms with van der Waals surface area (Å²) >= 11 is 0. The number of ether oxygens (including phenoxy) is 1. The van der Waals surface area contributed by atoms with Crippen LogP contribution in [0.5, 0.6) is 11.5 Å². The summed E-state index contributed by atoms with van der Waals surface area (Å²) in [5.41, 5.74) is 1.74. The van der Waals surface area contributed by atoms with Crippen LogP contribution in [0.4, 0.5) is 0 Å². The minimum Gasteiger partial charge on any atom is -0.457 e. The van der Waals surface area contributed by atoms with Gasteiger partial charge in [0.15, 0.2) is 0 Å². The average molecular weight is 272 g/mol. The number of benzene rings is 2. The minimum absolute atomic E-state index is 0.0829. The Hall–Kier alpha value is -1.84. The molecule has 0 saturated carbocycles. The molecule has 0 aromatic heterocycles. The smallest absolute Gasteiger partial charge is 0.133 e. The van der Waals surface area contributed by atoms with Crippen molar-refractivity contribution in [1.29, 1.82) is 0 Å². The van der Waals surface area contributed by atoms with Crippen LogP contribution in [0.1, 0.15) is 30.6 Å². The van der Waals surface area contributed by atoms with Crippen molar-refractivity contribution in [3.05, 3.63) is 59.7 Å². The van der Waals surface area contributed by atoms with E-state index in [2.05, 4.69) is 0 Å². The Morgan fingerprint density at radius 2 is 1.65 bits per heavy atom. The van der Waals surface area contributed by atoms with E-state index < -0.39 is 6.10 Å². The van der Waals surface area contributed by atoms with Gasteiger partial charge in [-0.25, -0.2) is 0 Å². The Morgan fingerprint density at radius 3 is 2.35 bits per heavy atom. The monoisotopic (exact) mass is 272 g/mol. The quantitative estimate of drug-likeness (QED) is 0.846. The standard InChI is InChI=1S/C17H20O3/c1-2-15(19)14-8-4-6-10-17(14)20-16-9-5-3-7-13(16)11-12-18/h3-10,15,18-19H,2,11-12H2,1H3. The molecule has 2 aromatic carbocycles. The van der Waals surface area contributed by atoms with Crippen LogP contribution in [-0.2, 0) is 6.42 Å². The largest absolute Gasteiger partial charge is 0.457 e. The van der Waals surface area contributed by atoms with Crippen LogP contribution in [0.3, 0.4) is 0 Å². The van der Waals surface area contributed by atoms with Gasteiger partial charge in [-0.05, 0) is 30.5 Å². The van der Waals surface area contributed by atoms with Crippen molar-refractivity contribution < 1.29 is 14.9 Å². The fourth-order valence-corrected chi connectivity index (χ4v) is 2.12. The van der Waals surface area contributed by atoms with E-state index in [0.29, 0.717) is 18.6 Å². The van der Waals surface area contributed by atoms with Gasteiger partial charge >= 0.3 is 0 Å². The van der Waals surface area contributed by atoms with Crippen molar-refractivity contribution >= 4 is 0 Å². The highest BCUT2D eigenvalue weighted by Crippen LogP contribution is 2.32. The van der Waals surface area contributed by atoms with Gasteiger partial charge in [-0.1, -0.05) is 43.3 Å². The van der Waals surface area contributed by atoms with E-state index >= 15 is 0 Å². The molecule has 2 aromatic rings. The van der Waals surface area contributed by atoms with Gasteiger partial charge < -0.3 is 14.9 Å². The number of aliphatic hydroxyl groups is 2. The number of para-hydroxylation sites is 2. The van der Waals surface area contributed by atoms with Crippen LogP contribution in [0.25, 0.3) is 0 Å².